The van der Waals surface area contributed by atoms with Crippen molar-refractivity contribution < 1.29 is 33.4 Å². The normalized spacial score (nSPS) is 23.5. The molecule has 2 heterocycles. The summed E-state index contributed by atoms with van der Waals surface area (Å²) in [7, 11) is 1.49. The lowest BCUT2D eigenvalue weighted by Gasteiger charge is -2.30. The van der Waals surface area contributed by atoms with Crippen molar-refractivity contribution >= 4 is 52.2 Å². The van der Waals surface area contributed by atoms with E-state index in [1.54, 1.807) is 36.4 Å². The van der Waals surface area contributed by atoms with Gasteiger partial charge in [0.05, 0.1) is 12.0 Å². The lowest BCUT2D eigenvalue weighted by molar-refractivity contribution is -0.142. The highest BCUT2D eigenvalue weighted by atomic mass is 32.2. The number of carboxylic acids is 1. The second-order valence-electron chi connectivity index (χ2n) is 11.2. The summed E-state index contributed by atoms with van der Waals surface area (Å²) in [5, 5.41) is 11.9. The van der Waals surface area contributed by atoms with Crippen molar-refractivity contribution in [1.82, 2.24) is 10.2 Å². The van der Waals surface area contributed by atoms with Gasteiger partial charge in [-0.3, -0.25) is 14.5 Å². The maximum absolute atomic E-state index is 13.3. The van der Waals surface area contributed by atoms with Gasteiger partial charge >= 0.3 is 5.97 Å². The van der Waals surface area contributed by atoms with E-state index >= 15 is 0 Å². The lowest BCUT2D eigenvalue weighted by atomic mass is 9.94. The summed E-state index contributed by atoms with van der Waals surface area (Å²) in [6.07, 6.45) is 6.71. The zero-order valence-corrected chi connectivity index (χ0v) is 24.9. The Morgan fingerprint density at radius 3 is 2.68 bits per heavy atom. The van der Waals surface area contributed by atoms with Crippen LogP contribution in [0.15, 0.2) is 39.7 Å². The summed E-state index contributed by atoms with van der Waals surface area (Å²) < 4.78 is 17.8. The molecule has 1 aromatic heterocycles. The Hall–Kier alpha value is -3.31. The molecular formula is C30H34N2O7S2. The molecule has 2 amide bonds. The number of rotatable bonds is 11. The highest BCUT2D eigenvalue weighted by Gasteiger charge is 2.48. The van der Waals surface area contributed by atoms with Crippen molar-refractivity contribution in [2.24, 2.45) is 17.8 Å². The second-order valence-corrected chi connectivity index (χ2v) is 12.9. The Labute approximate surface area is 248 Å². The van der Waals surface area contributed by atoms with Crippen molar-refractivity contribution in [3.05, 3.63) is 41.0 Å². The molecule has 1 aliphatic heterocycles. The first-order valence-corrected chi connectivity index (χ1v) is 15.1. The molecule has 2 bridgehead atoms. The third-order valence-electron chi connectivity index (χ3n) is 7.90. The molecule has 0 radical (unpaired) electrons. The largest absolute Gasteiger partial charge is 0.493 e. The highest BCUT2D eigenvalue weighted by molar-refractivity contribution is 8.26. The molecule has 3 unspecified atom stereocenters. The summed E-state index contributed by atoms with van der Waals surface area (Å²) in [4.78, 5) is 39.5. The SMILES string of the molecule is COc1ccc(-c2ccc(C=C3SC(=S)N(C4CC5CCC4C5)C3=O)o2)cc1OCC(=O)N[C@@H](CC(C)C)C(=O)O. The van der Waals surface area contributed by atoms with E-state index in [9.17, 15) is 19.5 Å². The minimum atomic E-state index is -1.09. The number of nitrogens with zero attached hydrogens (tertiary/aromatic N) is 1. The standard InChI is InChI=1S/C30H34N2O7S2/c1-16(2)10-21(29(35)36)31-27(33)15-38-25-13-19(6-8-24(25)37-3)23-9-7-20(39-23)14-26-28(34)32(30(40)41-26)22-12-17-4-5-18(22)11-17/h6-9,13-14,16-18,21-22H,4-5,10-12,15H2,1-3H3,(H,31,33)(H,35,36)/t17?,18?,21-,22?/m0/s1. The van der Waals surface area contributed by atoms with Crippen LogP contribution in [-0.2, 0) is 14.4 Å². The van der Waals surface area contributed by atoms with Gasteiger partial charge in [-0.05, 0) is 73.8 Å². The van der Waals surface area contributed by atoms with E-state index < -0.39 is 17.9 Å². The maximum Gasteiger partial charge on any atom is 0.326 e. The monoisotopic (exact) mass is 598 g/mol. The van der Waals surface area contributed by atoms with Crippen LogP contribution in [0.4, 0.5) is 0 Å². The number of carbonyl (C=O) groups is 3. The van der Waals surface area contributed by atoms with Crippen LogP contribution in [0, 0.1) is 17.8 Å². The number of aliphatic carboxylic acids is 1. The van der Waals surface area contributed by atoms with E-state index in [1.165, 1.54) is 38.1 Å². The van der Waals surface area contributed by atoms with E-state index in [4.69, 9.17) is 26.1 Å². The Kier molecular flexibility index (Phi) is 8.74. The summed E-state index contributed by atoms with van der Waals surface area (Å²) in [5.41, 5.74) is 0.679. The van der Waals surface area contributed by atoms with E-state index in [0.717, 1.165) is 6.42 Å². The minimum absolute atomic E-state index is 0.0487. The molecule has 0 spiro atoms. The number of fused-ring (bicyclic) bond motifs is 2. The van der Waals surface area contributed by atoms with Gasteiger partial charge in [0.15, 0.2) is 18.1 Å². The van der Waals surface area contributed by atoms with Crippen molar-refractivity contribution in [1.29, 1.82) is 0 Å². The molecular weight excluding hydrogens is 564 g/mol. The summed E-state index contributed by atoms with van der Waals surface area (Å²) in [6, 6.07) is 7.99. The Morgan fingerprint density at radius 1 is 1.22 bits per heavy atom. The van der Waals surface area contributed by atoms with Crippen LogP contribution < -0.4 is 14.8 Å². The number of thiocarbonyl (C=S) groups is 1. The number of benzene rings is 1. The molecule has 2 aliphatic carbocycles. The van der Waals surface area contributed by atoms with E-state index in [0.29, 0.717) is 56.1 Å². The van der Waals surface area contributed by atoms with Crippen LogP contribution in [0.2, 0.25) is 0 Å². The minimum Gasteiger partial charge on any atom is -0.493 e. The number of hydrogen-bond acceptors (Lipinski definition) is 8. The zero-order chi connectivity index (χ0) is 29.3. The number of carboxylic acid groups (broad SMARTS) is 1. The van der Waals surface area contributed by atoms with Crippen LogP contribution in [0.3, 0.4) is 0 Å². The molecule has 3 fully saturated rings. The van der Waals surface area contributed by atoms with Gasteiger partial charge in [-0.25, -0.2) is 4.79 Å². The smallest absolute Gasteiger partial charge is 0.326 e. The van der Waals surface area contributed by atoms with Crippen LogP contribution in [-0.4, -0.2) is 57.9 Å². The third-order valence-corrected chi connectivity index (χ3v) is 9.23. The fraction of sp³-hybridized carbons (Fsp3) is 0.467. The van der Waals surface area contributed by atoms with Gasteiger partial charge in [-0.2, -0.15) is 0 Å². The van der Waals surface area contributed by atoms with Gasteiger partial charge in [-0.1, -0.05) is 44.2 Å². The summed E-state index contributed by atoms with van der Waals surface area (Å²) in [5.74, 6) is 1.46. The molecule has 218 valence electrons. The number of nitrogens with one attached hydrogen (secondary N) is 1. The highest BCUT2D eigenvalue weighted by Crippen LogP contribution is 2.49. The van der Waals surface area contributed by atoms with Crippen molar-refractivity contribution in [3.8, 4) is 22.8 Å². The molecule has 3 aliphatic rings. The molecule has 41 heavy (non-hydrogen) atoms. The molecule has 9 nitrogen and oxygen atoms in total. The topological polar surface area (TPSA) is 118 Å². The van der Waals surface area contributed by atoms with Crippen LogP contribution >= 0.6 is 24.0 Å². The van der Waals surface area contributed by atoms with Gasteiger partial charge in [0.2, 0.25) is 0 Å². The first-order valence-electron chi connectivity index (χ1n) is 13.8. The fourth-order valence-corrected chi connectivity index (χ4v) is 7.38. The molecule has 2 aromatic rings. The summed E-state index contributed by atoms with van der Waals surface area (Å²) in [6.45, 7) is 3.40. The molecule has 1 aromatic carbocycles. The van der Waals surface area contributed by atoms with E-state index in [-0.39, 0.29) is 24.5 Å². The van der Waals surface area contributed by atoms with E-state index in [1.807, 2.05) is 18.7 Å². The molecule has 11 heteroatoms. The first-order chi connectivity index (χ1) is 19.6. The Bertz CT molecular complexity index is 1380. The van der Waals surface area contributed by atoms with Crippen LogP contribution in [0.25, 0.3) is 17.4 Å². The molecule has 4 atom stereocenters. The van der Waals surface area contributed by atoms with Crippen molar-refractivity contribution in [2.45, 2.75) is 58.0 Å². The first kappa shape index (κ1) is 29.2. The number of amides is 2. The number of furan rings is 1. The number of thioether (sulfide) groups is 1. The molecule has 5 rings (SSSR count). The predicted molar refractivity (Wildman–Crippen MR) is 159 cm³/mol. The summed E-state index contributed by atoms with van der Waals surface area (Å²) >= 11 is 6.91. The average Bonchev–Trinajstić information content (AvgIpc) is 3.72. The maximum atomic E-state index is 13.3. The molecule has 2 N–H and O–H groups in total. The molecule has 2 saturated carbocycles. The van der Waals surface area contributed by atoms with Crippen molar-refractivity contribution in [3.63, 3.8) is 0 Å². The number of ether oxygens (including phenoxy) is 2. The predicted octanol–water partition coefficient (Wildman–Crippen LogP) is 5.34. The quantitative estimate of drug-likeness (QED) is 0.261. The number of hydrogen-bond donors (Lipinski definition) is 2. The van der Waals surface area contributed by atoms with Gasteiger partial charge in [0.25, 0.3) is 11.8 Å². The number of methoxy groups -OCH3 is 1. The van der Waals surface area contributed by atoms with Gasteiger partial charge in [0.1, 0.15) is 21.9 Å². The molecule has 1 saturated heterocycles. The number of carbonyl (C=O) groups excluding carboxylic acids is 2. The van der Waals surface area contributed by atoms with Gasteiger partial charge in [0, 0.05) is 17.7 Å². The van der Waals surface area contributed by atoms with Crippen LogP contribution in [0.5, 0.6) is 11.5 Å². The lowest BCUT2D eigenvalue weighted by Crippen LogP contribution is -2.43. The average molecular weight is 599 g/mol. The Morgan fingerprint density at radius 2 is 2.02 bits per heavy atom. The van der Waals surface area contributed by atoms with Crippen LogP contribution in [0.1, 0.15) is 51.7 Å². The Balaban J connectivity index is 1.26. The van der Waals surface area contributed by atoms with E-state index in [2.05, 4.69) is 5.32 Å². The van der Waals surface area contributed by atoms with Crippen molar-refractivity contribution in [2.75, 3.05) is 13.7 Å². The van der Waals surface area contributed by atoms with Gasteiger partial charge < -0.3 is 24.3 Å². The van der Waals surface area contributed by atoms with Gasteiger partial charge in [-0.15, -0.1) is 0 Å². The fourth-order valence-electron chi connectivity index (χ4n) is 6.02. The second kappa shape index (κ2) is 12.3. The zero-order valence-electron chi connectivity index (χ0n) is 23.3. The third kappa shape index (κ3) is 6.46.